The maximum Gasteiger partial charge on any atom is 0.417 e. The van der Waals surface area contributed by atoms with Crippen molar-refractivity contribution in [3.63, 3.8) is 0 Å². The van der Waals surface area contributed by atoms with E-state index in [1.165, 1.54) is 43.3 Å². The predicted molar refractivity (Wildman–Crippen MR) is 186 cm³/mol. The molecule has 0 aliphatic carbocycles. The van der Waals surface area contributed by atoms with Crippen molar-refractivity contribution < 1.29 is 63.3 Å². The van der Waals surface area contributed by atoms with Gasteiger partial charge in [-0.15, -0.1) is 11.8 Å². The molecule has 296 valence electrons. The van der Waals surface area contributed by atoms with Crippen molar-refractivity contribution in [2.24, 2.45) is 0 Å². The maximum atomic E-state index is 13.0. The molecule has 2 unspecified atom stereocenters. The Morgan fingerprint density at radius 2 is 1.07 bits per heavy atom. The van der Waals surface area contributed by atoms with Crippen molar-refractivity contribution in [2.75, 3.05) is 22.1 Å². The van der Waals surface area contributed by atoms with Crippen LogP contribution in [0.4, 0.5) is 46.5 Å². The van der Waals surface area contributed by atoms with Gasteiger partial charge in [-0.05, 0) is 98.8 Å². The molecule has 56 heavy (non-hydrogen) atoms. The van der Waals surface area contributed by atoms with Gasteiger partial charge in [-0.2, -0.15) is 36.9 Å². The van der Waals surface area contributed by atoms with Gasteiger partial charge >= 0.3 is 12.4 Å². The summed E-state index contributed by atoms with van der Waals surface area (Å²) in [5.41, 5.74) is -8.70. The summed E-state index contributed by atoms with van der Waals surface area (Å²) < 4.78 is 128. The molecule has 20 heteroatoms. The van der Waals surface area contributed by atoms with E-state index in [1.54, 1.807) is 0 Å². The molecule has 0 bridgehead atoms. The van der Waals surface area contributed by atoms with Crippen molar-refractivity contribution in [3.8, 4) is 12.1 Å². The summed E-state index contributed by atoms with van der Waals surface area (Å²) in [7, 11) is -4.21. The fraction of sp³-hybridized carbons (Fsp3) is 0.222. The minimum atomic E-state index is -4.86. The number of hydrogen-bond donors (Lipinski definition) is 4. The molecule has 0 spiro atoms. The first-order valence-corrected chi connectivity index (χ1v) is 18.1. The fourth-order valence-corrected chi connectivity index (χ4v) is 6.92. The van der Waals surface area contributed by atoms with Crippen LogP contribution >= 0.6 is 11.8 Å². The van der Waals surface area contributed by atoms with E-state index in [2.05, 4.69) is 5.32 Å². The van der Waals surface area contributed by atoms with E-state index in [0.717, 1.165) is 67.2 Å². The number of sulfone groups is 1. The van der Waals surface area contributed by atoms with Gasteiger partial charge in [-0.1, -0.05) is 0 Å². The Labute approximate surface area is 318 Å². The molecule has 0 radical (unpaired) electrons. The van der Waals surface area contributed by atoms with Gasteiger partial charge in [-0.3, -0.25) is 9.59 Å². The lowest BCUT2D eigenvalue weighted by atomic mass is 10.1. The van der Waals surface area contributed by atoms with Gasteiger partial charge in [0, 0.05) is 22.0 Å². The number of benzene rings is 4. The average molecular weight is 829 g/mol. The van der Waals surface area contributed by atoms with E-state index < -0.39 is 84.8 Å². The largest absolute Gasteiger partial charge is 0.417 e. The van der Waals surface area contributed by atoms with Gasteiger partial charge in [0.15, 0.2) is 15.4 Å². The number of nitrogens with one attached hydrogen (secondary N) is 2. The monoisotopic (exact) mass is 828 g/mol. The number of amides is 2. The molecule has 10 nitrogen and oxygen atoms in total. The Balaban J connectivity index is 0.000000301. The molecule has 0 aliphatic rings. The van der Waals surface area contributed by atoms with Gasteiger partial charge in [0.05, 0.1) is 45.0 Å². The molecule has 4 aromatic carbocycles. The van der Waals surface area contributed by atoms with E-state index in [-0.39, 0.29) is 22.0 Å². The summed E-state index contributed by atoms with van der Waals surface area (Å²) in [5, 5.41) is 42.4. The highest BCUT2D eigenvalue weighted by Gasteiger charge is 2.39. The minimum absolute atomic E-state index is 0.104. The second kappa shape index (κ2) is 17.5. The Kier molecular flexibility index (Phi) is 14.0. The van der Waals surface area contributed by atoms with Gasteiger partial charge < -0.3 is 20.8 Å². The molecule has 0 aromatic heterocycles. The van der Waals surface area contributed by atoms with Crippen molar-refractivity contribution >= 4 is 44.8 Å². The van der Waals surface area contributed by atoms with Gasteiger partial charge in [0.25, 0.3) is 11.8 Å². The number of halogens is 8. The van der Waals surface area contributed by atoms with Crippen LogP contribution in [0.5, 0.6) is 0 Å². The molecule has 0 aliphatic heterocycles. The Morgan fingerprint density at radius 1 is 0.679 bits per heavy atom. The third-order valence-electron chi connectivity index (χ3n) is 7.36. The Bertz CT molecular complexity index is 2270. The van der Waals surface area contributed by atoms with Crippen LogP contribution in [0.3, 0.4) is 0 Å². The Morgan fingerprint density at radius 3 is 1.46 bits per heavy atom. The number of nitrogens with zero attached hydrogens (tertiary/aromatic N) is 2. The van der Waals surface area contributed by atoms with Gasteiger partial charge in [0.1, 0.15) is 17.2 Å². The average Bonchev–Trinajstić information content (AvgIpc) is 3.10. The number of aliphatic hydroxyl groups is 2. The molecular formula is C36H28F8N4O6S2. The van der Waals surface area contributed by atoms with Crippen LogP contribution in [0.15, 0.2) is 94.7 Å². The first-order chi connectivity index (χ1) is 25.8. The van der Waals surface area contributed by atoms with Crippen LogP contribution in [-0.2, 0) is 31.8 Å². The number of alkyl halides is 6. The number of anilines is 2. The highest BCUT2D eigenvalue weighted by Crippen LogP contribution is 2.35. The first kappa shape index (κ1) is 44.9. The summed E-state index contributed by atoms with van der Waals surface area (Å²) in [6.07, 6.45) is -9.62. The van der Waals surface area contributed by atoms with Gasteiger partial charge in [-0.25, -0.2) is 17.2 Å². The molecule has 2 amide bonds. The fourth-order valence-electron chi connectivity index (χ4n) is 4.42. The van der Waals surface area contributed by atoms with E-state index in [1.807, 2.05) is 5.32 Å². The zero-order chi connectivity index (χ0) is 42.3. The van der Waals surface area contributed by atoms with E-state index in [0.29, 0.717) is 17.0 Å². The molecule has 4 N–H and O–H groups in total. The van der Waals surface area contributed by atoms with E-state index >= 15 is 0 Å². The first-order valence-electron chi connectivity index (χ1n) is 15.5. The maximum absolute atomic E-state index is 13.0. The topological polar surface area (TPSA) is 180 Å². The Hall–Kier alpha value is -5.54. The van der Waals surface area contributed by atoms with Crippen LogP contribution < -0.4 is 10.6 Å². The smallest absolute Gasteiger partial charge is 0.379 e. The lowest BCUT2D eigenvalue weighted by Crippen LogP contribution is -2.45. The second-order valence-electron chi connectivity index (χ2n) is 12.2. The number of thioether (sulfide) groups is 1. The summed E-state index contributed by atoms with van der Waals surface area (Å²) in [5.74, 6) is -4.50. The van der Waals surface area contributed by atoms with Gasteiger partial charge in [0.2, 0.25) is 0 Å². The molecular weight excluding hydrogens is 801 g/mol. The molecule has 2 atom stereocenters. The molecule has 0 fully saturated rings. The number of carbonyl (C=O) groups excluding carboxylic acids is 2. The number of rotatable bonds is 10. The lowest BCUT2D eigenvalue weighted by molar-refractivity contribution is -0.138. The predicted octanol–water partition coefficient (Wildman–Crippen LogP) is 7.08. The van der Waals surface area contributed by atoms with Crippen LogP contribution in [0.1, 0.15) is 36.1 Å². The van der Waals surface area contributed by atoms with Crippen LogP contribution in [0, 0.1) is 34.3 Å². The van der Waals surface area contributed by atoms with Crippen LogP contribution in [-0.4, -0.2) is 53.2 Å². The highest BCUT2D eigenvalue weighted by molar-refractivity contribution is 7.99. The normalized spacial score (nSPS) is 13.8. The van der Waals surface area contributed by atoms with Crippen molar-refractivity contribution in [1.29, 1.82) is 10.5 Å². The SMILES string of the molecule is CC(O)(CS(=O)(=O)c1ccc(F)cc1)C(=O)Nc1ccc(C#N)c(C(F)(F)F)c1.CC(O)(CSc1ccc(F)cc1)C(=O)Nc1ccc(C#N)c(C(F)(F)F)c1. The third-order valence-corrected chi connectivity index (χ3v) is 10.6. The molecule has 0 saturated heterocycles. The molecule has 0 saturated carbocycles. The number of hydrogen-bond acceptors (Lipinski definition) is 9. The zero-order valence-electron chi connectivity index (χ0n) is 28.8. The van der Waals surface area contributed by atoms with Crippen LogP contribution in [0.25, 0.3) is 0 Å². The quantitative estimate of drug-likeness (QED) is 0.0739. The van der Waals surface area contributed by atoms with Crippen LogP contribution in [0.2, 0.25) is 0 Å². The number of nitriles is 2. The van der Waals surface area contributed by atoms with E-state index in [9.17, 15) is 63.3 Å². The van der Waals surface area contributed by atoms with Crippen molar-refractivity contribution in [1.82, 2.24) is 0 Å². The second-order valence-corrected chi connectivity index (χ2v) is 15.2. The summed E-state index contributed by atoms with van der Waals surface area (Å²) in [4.78, 5) is 24.8. The lowest BCUT2D eigenvalue weighted by Gasteiger charge is -2.22. The molecule has 4 aromatic rings. The van der Waals surface area contributed by atoms with E-state index in [4.69, 9.17) is 10.5 Å². The zero-order valence-corrected chi connectivity index (χ0v) is 30.4. The third kappa shape index (κ3) is 12.2. The minimum Gasteiger partial charge on any atom is -0.379 e. The molecule has 4 rings (SSSR count). The summed E-state index contributed by atoms with van der Waals surface area (Å²) in [6.45, 7) is 2.09. The summed E-state index contributed by atoms with van der Waals surface area (Å²) in [6, 6.07) is 17.0. The standard InChI is InChI=1S/C18H14F4N2O4S.C18H14F4N2O2S/c1-17(26,10-29(27,28)14-6-3-12(19)4-7-14)16(25)24-13-5-2-11(9-23)15(8-13)18(20,21)22;1-17(26,10-27-14-6-3-12(19)4-7-14)16(25)24-13-5-2-11(9-23)15(8-13)18(20,21)22/h2-8,26H,10H2,1H3,(H,24,25);2-8,26H,10H2,1H3,(H,24,25). The number of carbonyl (C=O) groups is 2. The van der Waals surface area contributed by atoms with Crippen molar-refractivity contribution in [2.45, 2.75) is 47.2 Å². The summed E-state index contributed by atoms with van der Waals surface area (Å²) >= 11 is 1.09. The van der Waals surface area contributed by atoms with Crippen molar-refractivity contribution in [3.05, 3.63) is 119 Å². The molecule has 0 heterocycles. The highest BCUT2D eigenvalue weighted by atomic mass is 32.2.